The smallest absolute Gasteiger partial charge is 0.0381 e. The van der Waals surface area contributed by atoms with Gasteiger partial charge in [-0.25, -0.2) is 0 Å². The average molecular weight is 206 g/mol. The van der Waals surface area contributed by atoms with Gasteiger partial charge in [0.2, 0.25) is 0 Å². The normalized spacial score (nSPS) is 8.86. The van der Waals surface area contributed by atoms with Gasteiger partial charge in [0.05, 0.1) is 0 Å². The average Bonchev–Trinajstić information content (AvgIpc) is 2.18. The molecule has 0 spiro atoms. The number of hydrogen-bond acceptors (Lipinski definition) is 1. The van der Waals surface area contributed by atoms with Gasteiger partial charge in [0, 0.05) is 10.6 Å². The molecule has 0 atom stereocenters. The third-order valence-electron chi connectivity index (χ3n) is 1.89. The maximum atomic E-state index is 8.25. The Kier molecular flexibility index (Phi) is 3.35. The van der Waals surface area contributed by atoms with Crippen LogP contribution in [0.1, 0.15) is 0 Å². The molecular formula is C10H8ClN3. The predicted molar refractivity (Wildman–Crippen MR) is 60.0 cm³/mol. The van der Waals surface area contributed by atoms with E-state index in [1.54, 1.807) is 0 Å². The number of hydrogen-bond donors (Lipinski definition) is 0. The number of nitrogens with zero attached hydrogens (tertiary/aromatic N) is 3. The Hall–Kier alpha value is -1.70. The van der Waals surface area contributed by atoms with E-state index in [0.717, 1.165) is 10.8 Å². The van der Waals surface area contributed by atoms with Crippen LogP contribution in [0.3, 0.4) is 0 Å². The minimum Gasteiger partial charge on any atom is -0.147 e. The van der Waals surface area contributed by atoms with Crippen molar-refractivity contribution in [1.29, 1.82) is 0 Å². The fourth-order valence-electron chi connectivity index (χ4n) is 1.29. The van der Waals surface area contributed by atoms with E-state index in [1.807, 2.05) is 42.5 Å². The Balaban J connectivity index is 0.000000980. The first-order chi connectivity index (χ1) is 6.40. The highest BCUT2D eigenvalue weighted by Gasteiger charge is 1.92. The van der Waals surface area contributed by atoms with Crippen molar-refractivity contribution < 1.29 is 0 Å². The molecule has 70 valence electrons. The summed E-state index contributed by atoms with van der Waals surface area (Å²) in [5, 5.41) is 5.78. The van der Waals surface area contributed by atoms with Gasteiger partial charge < -0.3 is 0 Å². The van der Waals surface area contributed by atoms with E-state index in [9.17, 15) is 0 Å². The van der Waals surface area contributed by atoms with Gasteiger partial charge in [0.15, 0.2) is 0 Å². The second-order valence-corrected chi connectivity index (χ2v) is 2.72. The van der Waals surface area contributed by atoms with Crippen molar-refractivity contribution in [3.63, 3.8) is 0 Å². The lowest BCUT2D eigenvalue weighted by Crippen LogP contribution is -1.69. The van der Waals surface area contributed by atoms with E-state index < -0.39 is 0 Å². The summed E-state index contributed by atoms with van der Waals surface area (Å²) < 4.78 is 0. The maximum Gasteiger partial charge on any atom is 0.0381 e. The monoisotopic (exact) mass is 205 g/mol. The minimum atomic E-state index is 0. The topological polar surface area (TPSA) is 48.8 Å². The number of halogens is 1. The third kappa shape index (κ3) is 1.96. The van der Waals surface area contributed by atoms with Crippen molar-refractivity contribution in [2.24, 2.45) is 5.11 Å². The van der Waals surface area contributed by atoms with E-state index in [-0.39, 0.29) is 12.4 Å². The molecular weight excluding hydrogens is 198 g/mol. The van der Waals surface area contributed by atoms with Crippen LogP contribution in [-0.2, 0) is 0 Å². The molecule has 0 bridgehead atoms. The van der Waals surface area contributed by atoms with E-state index in [1.165, 1.54) is 0 Å². The lowest BCUT2D eigenvalue weighted by atomic mass is 10.1. The Morgan fingerprint density at radius 2 is 1.71 bits per heavy atom. The number of azide groups is 1. The van der Waals surface area contributed by atoms with Crippen molar-refractivity contribution in [3.8, 4) is 0 Å². The van der Waals surface area contributed by atoms with E-state index in [2.05, 4.69) is 10.0 Å². The molecule has 0 saturated carbocycles. The fourth-order valence-corrected chi connectivity index (χ4v) is 1.29. The molecule has 0 aliphatic carbocycles. The Bertz CT molecular complexity index is 489. The van der Waals surface area contributed by atoms with Crippen LogP contribution in [0, 0.1) is 0 Å². The van der Waals surface area contributed by atoms with Crippen LogP contribution in [0.5, 0.6) is 0 Å². The molecule has 0 aromatic heterocycles. The molecule has 0 aliphatic heterocycles. The number of rotatable bonds is 1. The van der Waals surface area contributed by atoms with Gasteiger partial charge in [-0.2, -0.15) is 0 Å². The maximum absolute atomic E-state index is 8.25. The summed E-state index contributed by atoms with van der Waals surface area (Å²) in [5.41, 5.74) is 8.90. The van der Waals surface area contributed by atoms with Gasteiger partial charge in [0.25, 0.3) is 0 Å². The van der Waals surface area contributed by atoms with Crippen LogP contribution in [-0.4, -0.2) is 0 Å². The molecule has 0 saturated heterocycles. The van der Waals surface area contributed by atoms with Crippen LogP contribution in [0.4, 0.5) is 5.69 Å². The quantitative estimate of drug-likeness (QED) is 0.381. The molecule has 14 heavy (non-hydrogen) atoms. The summed E-state index contributed by atoms with van der Waals surface area (Å²) >= 11 is 0. The Morgan fingerprint density at radius 1 is 1.00 bits per heavy atom. The molecule has 0 N–H and O–H groups in total. The molecule has 0 radical (unpaired) electrons. The highest BCUT2D eigenvalue weighted by Crippen LogP contribution is 2.20. The molecule has 0 heterocycles. The van der Waals surface area contributed by atoms with Crippen molar-refractivity contribution in [2.45, 2.75) is 0 Å². The van der Waals surface area contributed by atoms with Crippen LogP contribution < -0.4 is 0 Å². The SMILES string of the molecule is Cl.[N-]=[N+]=Nc1ccc2ccccc2c1. The lowest BCUT2D eigenvalue weighted by Gasteiger charge is -1.96. The summed E-state index contributed by atoms with van der Waals surface area (Å²) in [7, 11) is 0. The van der Waals surface area contributed by atoms with Gasteiger partial charge >= 0.3 is 0 Å². The van der Waals surface area contributed by atoms with Crippen molar-refractivity contribution >= 4 is 28.9 Å². The standard InChI is InChI=1S/C10H7N3.ClH/c11-13-12-10-6-5-8-3-1-2-4-9(8)7-10;/h1-7H;1H. The zero-order chi connectivity index (χ0) is 9.10. The van der Waals surface area contributed by atoms with E-state index in [0.29, 0.717) is 5.69 Å². The fraction of sp³-hybridized carbons (Fsp3) is 0. The molecule has 0 aliphatic rings. The van der Waals surface area contributed by atoms with Gasteiger partial charge in [-0.15, -0.1) is 12.4 Å². The highest BCUT2D eigenvalue weighted by molar-refractivity contribution is 5.85. The van der Waals surface area contributed by atoms with Crippen LogP contribution in [0.2, 0.25) is 0 Å². The molecule has 0 fully saturated rings. The first kappa shape index (κ1) is 10.4. The number of benzene rings is 2. The first-order valence-corrected chi connectivity index (χ1v) is 3.94. The summed E-state index contributed by atoms with van der Waals surface area (Å²) in [6.07, 6.45) is 0. The number of fused-ring (bicyclic) bond motifs is 1. The predicted octanol–water partition coefficient (Wildman–Crippen LogP) is 4.20. The molecule has 4 heteroatoms. The van der Waals surface area contributed by atoms with Gasteiger partial charge in [-0.3, -0.25) is 0 Å². The Labute approximate surface area is 87.4 Å². The molecule has 3 nitrogen and oxygen atoms in total. The molecule has 0 unspecified atom stereocenters. The zero-order valence-electron chi connectivity index (χ0n) is 7.29. The van der Waals surface area contributed by atoms with E-state index in [4.69, 9.17) is 5.53 Å². The zero-order valence-corrected chi connectivity index (χ0v) is 8.11. The van der Waals surface area contributed by atoms with Crippen LogP contribution in [0.15, 0.2) is 47.6 Å². The highest BCUT2D eigenvalue weighted by atomic mass is 35.5. The second-order valence-electron chi connectivity index (χ2n) is 2.72. The molecule has 0 amide bonds. The minimum absolute atomic E-state index is 0. The van der Waals surface area contributed by atoms with E-state index >= 15 is 0 Å². The molecule has 2 aromatic carbocycles. The van der Waals surface area contributed by atoms with Gasteiger partial charge in [-0.05, 0) is 22.4 Å². The molecule has 2 rings (SSSR count). The second kappa shape index (κ2) is 4.51. The lowest BCUT2D eigenvalue weighted by molar-refractivity contribution is 1.50. The van der Waals surface area contributed by atoms with Gasteiger partial charge in [0.1, 0.15) is 0 Å². The van der Waals surface area contributed by atoms with Crippen LogP contribution in [0.25, 0.3) is 21.2 Å². The first-order valence-electron chi connectivity index (χ1n) is 3.94. The third-order valence-corrected chi connectivity index (χ3v) is 1.89. The van der Waals surface area contributed by atoms with Crippen molar-refractivity contribution in [2.75, 3.05) is 0 Å². The van der Waals surface area contributed by atoms with Crippen molar-refractivity contribution in [3.05, 3.63) is 52.9 Å². The van der Waals surface area contributed by atoms with Crippen LogP contribution >= 0.6 is 12.4 Å². The summed E-state index contributed by atoms with van der Waals surface area (Å²) in [6.45, 7) is 0. The largest absolute Gasteiger partial charge is 0.147 e. The Morgan fingerprint density at radius 3 is 2.43 bits per heavy atom. The summed E-state index contributed by atoms with van der Waals surface area (Å²) in [4.78, 5) is 2.74. The summed E-state index contributed by atoms with van der Waals surface area (Å²) in [6, 6.07) is 13.6. The van der Waals surface area contributed by atoms with Crippen molar-refractivity contribution in [1.82, 2.24) is 0 Å². The molecule has 2 aromatic rings. The summed E-state index contributed by atoms with van der Waals surface area (Å²) in [5.74, 6) is 0. The van der Waals surface area contributed by atoms with Gasteiger partial charge in [-0.1, -0.05) is 41.5 Å².